The van der Waals surface area contributed by atoms with Crippen LogP contribution in [0.2, 0.25) is 5.02 Å². The van der Waals surface area contributed by atoms with E-state index in [4.69, 9.17) is 17.3 Å². The first-order chi connectivity index (χ1) is 8.50. The Morgan fingerprint density at radius 2 is 2.00 bits per heavy atom. The van der Waals surface area contributed by atoms with E-state index in [1.54, 1.807) is 12.1 Å². The lowest BCUT2D eigenvalue weighted by Crippen LogP contribution is -2.04. The molecule has 18 heavy (non-hydrogen) atoms. The highest BCUT2D eigenvalue weighted by Gasteiger charge is 2.17. The van der Waals surface area contributed by atoms with Crippen molar-refractivity contribution < 1.29 is 4.39 Å². The van der Waals surface area contributed by atoms with Crippen molar-refractivity contribution in [1.29, 1.82) is 0 Å². The van der Waals surface area contributed by atoms with E-state index in [0.29, 0.717) is 22.1 Å². The third-order valence-electron chi connectivity index (χ3n) is 2.68. The minimum absolute atomic E-state index is 0.108. The van der Waals surface area contributed by atoms with Gasteiger partial charge in [-0.05, 0) is 24.1 Å². The van der Waals surface area contributed by atoms with Crippen molar-refractivity contribution in [1.82, 2.24) is 9.97 Å². The van der Waals surface area contributed by atoms with Crippen LogP contribution < -0.4 is 5.73 Å². The summed E-state index contributed by atoms with van der Waals surface area (Å²) < 4.78 is 13.9. The van der Waals surface area contributed by atoms with Crippen molar-refractivity contribution in [2.75, 3.05) is 5.73 Å². The van der Waals surface area contributed by atoms with Gasteiger partial charge in [-0.15, -0.1) is 0 Å². The number of anilines is 1. The van der Waals surface area contributed by atoms with Gasteiger partial charge in [0.25, 0.3) is 0 Å². The van der Waals surface area contributed by atoms with Crippen LogP contribution in [0.5, 0.6) is 0 Å². The lowest BCUT2D eigenvalue weighted by molar-refractivity contribution is 0.630. The second kappa shape index (κ2) is 4.90. The zero-order valence-electron chi connectivity index (χ0n) is 10.1. The SMILES string of the molecule is CC(C)c1c(N)ncnc1-c1ccc(Cl)cc1F. The quantitative estimate of drug-likeness (QED) is 0.902. The van der Waals surface area contributed by atoms with Crippen LogP contribution in [0.4, 0.5) is 10.2 Å². The minimum atomic E-state index is -0.414. The summed E-state index contributed by atoms with van der Waals surface area (Å²) in [5.41, 5.74) is 7.50. The number of rotatable bonds is 2. The average molecular weight is 266 g/mol. The third kappa shape index (κ3) is 2.29. The average Bonchev–Trinajstić information content (AvgIpc) is 2.28. The minimum Gasteiger partial charge on any atom is -0.383 e. The van der Waals surface area contributed by atoms with E-state index in [9.17, 15) is 4.39 Å². The van der Waals surface area contributed by atoms with Crippen molar-refractivity contribution >= 4 is 17.4 Å². The molecule has 0 bridgehead atoms. The Hall–Kier alpha value is -1.68. The number of benzene rings is 1. The molecule has 0 radical (unpaired) electrons. The van der Waals surface area contributed by atoms with Gasteiger partial charge in [0.2, 0.25) is 0 Å². The molecule has 0 unspecified atom stereocenters. The Morgan fingerprint density at radius 1 is 1.28 bits per heavy atom. The first-order valence-corrected chi connectivity index (χ1v) is 5.94. The Labute approximate surface area is 110 Å². The summed E-state index contributed by atoms with van der Waals surface area (Å²) in [6, 6.07) is 4.49. The molecule has 1 heterocycles. The molecule has 3 nitrogen and oxygen atoms in total. The van der Waals surface area contributed by atoms with E-state index in [2.05, 4.69) is 9.97 Å². The highest BCUT2D eigenvalue weighted by atomic mass is 35.5. The fourth-order valence-corrected chi connectivity index (χ4v) is 2.03. The number of nitrogens with zero attached hydrogens (tertiary/aromatic N) is 2. The van der Waals surface area contributed by atoms with E-state index in [0.717, 1.165) is 5.56 Å². The van der Waals surface area contributed by atoms with E-state index in [1.807, 2.05) is 13.8 Å². The van der Waals surface area contributed by atoms with Gasteiger partial charge in [-0.25, -0.2) is 14.4 Å². The maximum atomic E-state index is 13.9. The molecule has 94 valence electrons. The Morgan fingerprint density at radius 3 is 2.61 bits per heavy atom. The molecule has 0 saturated heterocycles. The summed E-state index contributed by atoms with van der Waals surface area (Å²) >= 11 is 5.74. The summed E-state index contributed by atoms with van der Waals surface area (Å²) in [6.07, 6.45) is 1.34. The van der Waals surface area contributed by atoms with Gasteiger partial charge in [-0.3, -0.25) is 0 Å². The predicted molar refractivity (Wildman–Crippen MR) is 70.9 cm³/mol. The molecule has 1 aromatic heterocycles. The molecule has 0 spiro atoms. The molecule has 2 aromatic rings. The van der Waals surface area contributed by atoms with Gasteiger partial charge in [0.15, 0.2) is 0 Å². The van der Waals surface area contributed by atoms with Crippen LogP contribution in [0.15, 0.2) is 24.5 Å². The summed E-state index contributed by atoms with van der Waals surface area (Å²) in [6.45, 7) is 3.93. The lowest BCUT2D eigenvalue weighted by atomic mass is 9.97. The lowest BCUT2D eigenvalue weighted by Gasteiger charge is -2.14. The van der Waals surface area contributed by atoms with Crippen LogP contribution in [0.25, 0.3) is 11.3 Å². The maximum Gasteiger partial charge on any atom is 0.134 e. The number of hydrogen-bond acceptors (Lipinski definition) is 3. The van der Waals surface area contributed by atoms with Gasteiger partial charge in [-0.2, -0.15) is 0 Å². The summed E-state index contributed by atoms with van der Waals surface area (Å²) in [5.74, 6) is 0.0723. The molecule has 0 fully saturated rings. The molecular formula is C13H13ClFN3. The van der Waals surface area contributed by atoms with Crippen LogP contribution in [0, 0.1) is 5.82 Å². The topological polar surface area (TPSA) is 51.8 Å². The van der Waals surface area contributed by atoms with Gasteiger partial charge in [0.05, 0.1) is 5.69 Å². The van der Waals surface area contributed by atoms with Crippen LogP contribution in [0.1, 0.15) is 25.3 Å². The van der Waals surface area contributed by atoms with Crippen molar-refractivity contribution in [3.8, 4) is 11.3 Å². The molecule has 0 aliphatic heterocycles. The molecule has 0 saturated carbocycles. The molecule has 0 amide bonds. The van der Waals surface area contributed by atoms with E-state index in [1.165, 1.54) is 12.4 Å². The molecule has 0 atom stereocenters. The third-order valence-corrected chi connectivity index (χ3v) is 2.91. The van der Waals surface area contributed by atoms with Crippen LogP contribution in [-0.4, -0.2) is 9.97 Å². The molecule has 2 rings (SSSR count). The molecule has 0 aliphatic rings. The zero-order valence-corrected chi connectivity index (χ0v) is 10.9. The molecule has 2 N–H and O–H groups in total. The first-order valence-electron chi connectivity index (χ1n) is 5.56. The standard InChI is InChI=1S/C13H13ClFN3/c1-7(2)11-12(17-6-18-13(11)16)9-4-3-8(14)5-10(9)15/h3-7H,1-2H3,(H2,16,17,18). The van der Waals surface area contributed by atoms with Crippen LogP contribution in [-0.2, 0) is 0 Å². The smallest absolute Gasteiger partial charge is 0.134 e. The van der Waals surface area contributed by atoms with Gasteiger partial charge >= 0.3 is 0 Å². The normalized spacial score (nSPS) is 10.9. The van der Waals surface area contributed by atoms with Crippen molar-refractivity contribution in [3.63, 3.8) is 0 Å². The largest absolute Gasteiger partial charge is 0.383 e. The Bertz CT molecular complexity index is 584. The van der Waals surface area contributed by atoms with E-state index in [-0.39, 0.29) is 5.92 Å². The number of aromatic nitrogens is 2. The first kappa shape index (κ1) is 12.8. The molecular weight excluding hydrogens is 253 g/mol. The predicted octanol–water partition coefficient (Wildman–Crippen LogP) is 3.64. The highest BCUT2D eigenvalue weighted by molar-refractivity contribution is 6.30. The summed E-state index contributed by atoms with van der Waals surface area (Å²) in [5, 5.41) is 0.351. The fourth-order valence-electron chi connectivity index (χ4n) is 1.87. The molecule has 0 aliphatic carbocycles. The van der Waals surface area contributed by atoms with Crippen molar-refractivity contribution in [2.45, 2.75) is 19.8 Å². The monoisotopic (exact) mass is 265 g/mol. The number of nitrogens with two attached hydrogens (primary N) is 1. The summed E-state index contributed by atoms with van der Waals surface area (Å²) in [7, 11) is 0. The maximum absolute atomic E-state index is 13.9. The number of halogens is 2. The zero-order chi connectivity index (χ0) is 13.3. The van der Waals surface area contributed by atoms with Crippen molar-refractivity contribution in [3.05, 3.63) is 40.9 Å². The fraction of sp³-hybridized carbons (Fsp3) is 0.231. The van der Waals surface area contributed by atoms with Gasteiger partial charge in [0.1, 0.15) is 18.0 Å². The summed E-state index contributed by atoms with van der Waals surface area (Å²) in [4.78, 5) is 8.10. The van der Waals surface area contributed by atoms with E-state index >= 15 is 0 Å². The van der Waals surface area contributed by atoms with Crippen LogP contribution >= 0.6 is 11.6 Å². The van der Waals surface area contributed by atoms with E-state index < -0.39 is 5.82 Å². The Balaban J connectivity index is 2.67. The second-order valence-electron chi connectivity index (χ2n) is 4.30. The molecule has 1 aromatic carbocycles. The van der Waals surface area contributed by atoms with Gasteiger partial charge in [-0.1, -0.05) is 25.4 Å². The second-order valence-corrected chi connectivity index (χ2v) is 4.74. The van der Waals surface area contributed by atoms with Gasteiger partial charge < -0.3 is 5.73 Å². The van der Waals surface area contributed by atoms with Gasteiger partial charge in [0, 0.05) is 16.1 Å². The highest BCUT2D eigenvalue weighted by Crippen LogP contribution is 2.32. The van der Waals surface area contributed by atoms with Crippen LogP contribution in [0.3, 0.4) is 0 Å². The molecule has 5 heteroatoms. The van der Waals surface area contributed by atoms with Crippen molar-refractivity contribution in [2.24, 2.45) is 0 Å². The Kier molecular flexibility index (Phi) is 3.48. The number of nitrogen functional groups attached to an aromatic ring is 1. The number of hydrogen-bond donors (Lipinski definition) is 1.